The number of hydrogen-bond donors (Lipinski definition) is 3. The molecule has 1 aliphatic heterocycles. The molecule has 18 heavy (non-hydrogen) atoms. The molecule has 0 radical (unpaired) electrons. The summed E-state index contributed by atoms with van der Waals surface area (Å²) in [4.78, 5) is 24.1. The predicted octanol–water partition coefficient (Wildman–Crippen LogP) is -0.179. The average Bonchev–Trinajstić information content (AvgIpc) is 2.86. The van der Waals surface area contributed by atoms with Crippen LogP contribution >= 0.6 is 0 Å². The number of carboxylic acid groups (broad SMARTS) is 1. The molecule has 1 aromatic heterocycles. The smallest absolute Gasteiger partial charge is 0.371 e. The van der Waals surface area contributed by atoms with E-state index >= 15 is 0 Å². The lowest BCUT2D eigenvalue weighted by molar-refractivity contribution is -0.129. The summed E-state index contributed by atoms with van der Waals surface area (Å²) in [6.45, 7) is 3.09. The summed E-state index contributed by atoms with van der Waals surface area (Å²) in [6, 6.07) is 2.84. The summed E-state index contributed by atoms with van der Waals surface area (Å²) < 4.78 is 4.99. The monoisotopic (exact) mass is 253 g/mol. The van der Waals surface area contributed by atoms with Gasteiger partial charge in [-0.15, -0.1) is 0 Å². The first-order valence-electron chi connectivity index (χ1n) is 5.72. The number of piperazine rings is 1. The van der Waals surface area contributed by atoms with Gasteiger partial charge in [-0.3, -0.25) is 4.79 Å². The highest BCUT2D eigenvalue weighted by molar-refractivity contribution is 5.85. The normalized spacial score (nSPS) is 15.4. The van der Waals surface area contributed by atoms with E-state index in [0.717, 1.165) is 13.1 Å². The number of carbonyl (C=O) groups excluding carboxylic acids is 1. The quantitative estimate of drug-likeness (QED) is 0.689. The highest BCUT2D eigenvalue weighted by Gasteiger charge is 2.16. The second-order valence-corrected chi connectivity index (χ2v) is 3.95. The molecule has 1 aliphatic rings. The number of anilines is 1. The minimum absolute atomic E-state index is 0.0234. The van der Waals surface area contributed by atoms with E-state index in [0.29, 0.717) is 13.1 Å². The van der Waals surface area contributed by atoms with Crippen molar-refractivity contribution in [3.05, 3.63) is 17.9 Å². The molecule has 0 aliphatic carbocycles. The summed E-state index contributed by atoms with van der Waals surface area (Å²) in [5.41, 5.74) is 0. The SMILES string of the molecule is O=C(O)c1ccc(NCC(=O)N2CCNCC2)o1. The largest absolute Gasteiger partial charge is 0.475 e. The van der Waals surface area contributed by atoms with E-state index in [4.69, 9.17) is 9.52 Å². The van der Waals surface area contributed by atoms with E-state index in [1.165, 1.54) is 12.1 Å². The Morgan fingerprint density at radius 2 is 2.11 bits per heavy atom. The van der Waals surface area contributed by atoms with Gasteiger partial charge in [-0.25, -0.2) is 4.79 Å². The number of aromatic carboxylic acids is 1. The first-order chi connectivity index (χ1) is 8.66. The van der Waals surface area contributed by atoms with E-state index < -0.39 is 5.97 Å². The van der Waals surface area contributed by atoms with Crippen molar-refractivity contribution in [2.24, 2.45) is 0 Å². The van der Waals surface area contributed by atoms with Crippen LogP contribution in [0.25, 0.3) is 0 Å². The Kier molecular flexibility index (Phi) is 3.83. The molecule has 98 valence electrons. The second kappa shape index (κ2) is 5.54. The molecule has 0 atom stereocenters. The van der Waals surface area contributed by atoms with E-state index in [9.17, 15) is 9.59 Å². The third kappa shape index (κ3) is 3.01. The zero-order chi connectivity index (χ0) is 13.0. The minimum Gasteiger partial charge on any atom is -0.475 e. The van der Waals surface area contributed by atoms with Crippen LogP contribution in [0.15, 0.2) is 16.5 Å². The van der Waals surface area contributed by atoms with Crippen LogP contribution in [0.2, 0.25) is 0 Å². The molecule has 1 aromatic rings. The van der Waals surface area contributed by atoms with Crippen LogP contribution in [0.1, 0.15) is 10.6 Å². The molecule has 3 N–H and O–H groups in total. The first-order valence-corrected chi connectivity index (χ1v) is 5.72. The number of furan rings is 1. The third-order valence-corrected chi connectivity index (χ3v) is 2.70. The van der Waals surface area contributed by atoms with Gasteiger partial charge >= 0.3 is 5.97 Å². The second-order valence-electron chi connectivity index (χ2n) is 3.95. The molecule has 2 rings (SSSR count). The number of nitrogens with one attached hydrogen (secondary N) is 2. The molecule has 0 bridgehead atoms. The van der Waals surface area contributed by atoms with Gasteiger partial charge in [0.25, 0.3) is 0 Å². The maximum absolute atomic E-state index is 11.8. The lowest BCUT2D eigenvalue weighted by Gasteiger charge is -2.27. The van der Waals surface area contributed by atoms with Gasteiger partial charge in [-0.05, 0) is 6.07 Å². The van der Waals surface area contributed by atoms with E-state index in [2.05, 4.69) is 10.6 Å². The zero-order valence-corrected chi connectivity index (χ0v) is 9.81. The van der Waals surface area contributed by atoms with Crippen molar-refractivity contribution in [2.75, 3.05) is 38.0 Å². The number of carbonyl (C=O) groups is 2. The molecule has 1 fully saturated rings. The fourth-order valence-electron chi connectivity index (χ4n) is 1.74. The van der Waals surface area contributed by atoms with Crippen LogP contribution < -0.4 is 10.6 Å². The topological polar surface area (TPSA) is 94.8 Å². The van der Waals surface area contributed by atoms with Gasteiger partial charge in [0.15, 0.2) is 5.88 Å². The first kappa shape index (κ1) is 12.4. The van der Waals surface area contributed by atoms with Crippen LogP contribution in [0.5, 0.6) is 0 Å². The summed E-state index contributed by atoms with van der Waals surface area (Å²) in [6.07, 6.45) is 0. The molecule has 0 unspecified atom stereocenters. The van der Waals surface area contributed by atoms with E-state index in [1.54, 1.807) is 4.90 Å². The summed E-state index contributed by atoms with van der Waals surface area (Å²) >= 11 is 0. The van der Waals surface area contributed by atoms with E-state index in [-0.39, 0.29) is 24.1 Å². The highest BCUT2D eigenvalue weighted by Crippen LogP contribution is 2.12. The van der Waals surface area contributed by atoms with Gasteiger partial charge in [0.2, 0.25) is 11.7 Å². The van der Waals surface area contributed by atoms with Crippen molar-refractivity contribution in [1.29, 1.82) is 0 Å². The molecule has 0 spiro atoms. The maximum Gasteiger partial charge on any atom is 0.371 e. The maximum atomic E-state index is 11.8. The minimum atomic E-state index is -1.13. The summed E-state index contributed by atoms with van der Waals surface area (Å²) in [5, 5.41) is 14.6. The van der Waals surface area contributed by atoms with Crippen molar-refractivity contribution in [1.82, 2.24) is 10.2 Å². The number of hydrogen-bond acceptors (Lipinski definition) is 5. The van der Waals surface area contributed by atoms with Gasteiger partial charge in [0.1, 0.15) is 0 Å². The summed E-state index contributed by atoms with van der Waals surface area (Å²) in [7, 11) is 0. The van der Waals surface area contributed by atoms with Crippen molar-refractivity contribution in [3.63, 3.8) is 0 Å². The van der Waals surface area contributed by atoms with Crippen molar-refractivity contribution < 1.29 is 19.1 Å². The highest BCUT2D eigenvalue weighted by atomic mass is 16.4. The zero-order valence-electron chi connectivity index (χ0n) is 9.81. The summed E-state index contributed by atoms with van der Waals surface area (Å²) in [5.74, 6) is -1.01. The Bertz CT molecular complexity index is 437. The number of nitrogens with zero attached hydrogens (tertiary/aromatic N) is 1. The Balaban J connectivity index is 1.82. The number of carboxylic acids is 1. The van der Waals surface area contributed by atoms with Gasteiger partial charge in [-0.2, -0.15) is 0 Å². The number of rotatable bonds is 4. The fourth-order valence-corrected chi connectivity index (χ4v) is 1.74. The molecule has 1 amide bonds. The van der Waals surface area contributed by atoms with Crippen LogP contribution in [0.3, 0.4) is 0 Å². The average molecular weight is 253 g/mol. The lowest BCUT2D eigenvalue weighted by atomic mass is 10.3. The fraction of sp³-hybridized carbons (Fsp3) is 0.455. The van der Waals surface area contributed by atoms with Crippen LogP contribution in [0, 0.1) is 0 Å². The molecule has 1 saturated heterocycles. The molecular weight excluding hydrogens is 238 g/mol. The standard InChI is InChI=1S/C11H15N3O4/c15-10(14-5-3-12-4-6-14)7-13-9-2-1-8(18-9)11(16)17/h1-2,12-13H,3-7H2,(H,16,17). The van der Waals surface area contributed by atoms with Crippen molar-refractivity contribution >= 4 is 17.8 Å². The molecular formula is C11H15N3O4. The molecule has 2 heterocycles. The Hall–Kier alpha value is -2.02. The van der Waals surface area contributed by atoms with Crippen molar-refractivity contribution in [2.45, 2.75) is 0 Å². The third-order valence-electron chi connectivity index (χ3n) is 2.70. The predicted molar refractivity (Wildman–Crippen MR) is 63.6 cm³/mol. The Labute approximate surface area is 104 Å². The Morgan fingerprint density at radius 1 is 1.39 bits per heavy atom. The molecule has 7 heteroatoms. The van der Waals surface area contributed by atoms with E-state index in [1.807, 2.05) is 0 Å². The molecule has 0 saturated carbocycles. The molecule has 7 nitrogen and oxygen atoms in total. The van der Waals surface area contributed by atoms with Gasteiger partial charge in [0, 0.05) is 32.2 Å². The number of amides is 1. The van der Waals surface area contributed by atoms with Crippen LogP contribution in [-0.4, -0.2) is 54.6 Å². The van der Waals surface area contributed by atoms with Crippen LogP contribution in [-0.2, 0) is 4.79 Å². The van der Waals surface area contributed by atoms with Gasteiger partial charge in [0.05, 0.1) is 6.54 Å². The lowest BCUT2D eigenvalue weighted by Crippen LogP contribution is -2.48. The molecule has 0 aromatic carbocycles. The van der Waals surface area contributed by atoms with Crippen LogP contribution in [0.4, 0.5) is 5.88 Å². The van der Waals surface area contributed by atoms with Gasteiger partial charge in [-0.1, -0.05) is 0 Å². The Morgan fingerprint density at radius 3 is 2.72 bits per heavy atom. The van der Waals surface area contributed by atoms with Gasteiger partial charge < -0.3 is 25.1 Å². The van der Waals surface area contributed by atoms with Crippen molar-refractivity contribution in [3.8, 4) is 0 Å².